The number of hydrogen-bond acceptors (Lipinski definition) is 2. The van der Waals surface area contributed by atoms with Crippen LogP contribution in [0.3, 0.4) is 0 Å². The van der Waals surface area contributed by atoms with Gasteiger partial charge < -0.3 is 10.5 Å². The molecule has 0 amide bonds. The van der Waals surface area contributed by atoms with Gasteiger partial charge >= 0.3 is 0 Å². The Bertz CT molecular complexity index is 530. The molecule has 0 saturated carbocycles. The molecule has 2 atom stereocenters. The quantitative estimate of drug-likeness (QED) is 0.847. The number of rotatable bonds is 6. The van der Waals surface area contributed by atoms with Crippen LogP contribution in [0.1, 0.15) is 30.6 Å². The molecule has 2 aromatic carbocycles. The monoisotopic (exact) mass is 333 g/mol. The van der Waals surface area contributed by atoms with Gasteiger partial charge in [-0.25, -0.2) is 0 Å². The number of benzene rings is 2. The minimum atomic E-state index is -0.0855. The lowest BCUT2D eigenvalue weighted by atomic mass is 10.0. The molecule has 20 heavy (non-hydrogen) atoms. The smallest absolute Gasteiger partial charge is 0.0980 e. The molecule has 2 rings (SSSR count). The molecule has 0 radical (unpaired) electrons. The Kier molecular flexibility index (Phi) is 5.77. The van der Waals surface area contributed by atoms with E-state index in [9.17, 15) is 0 Å². The lowest BCUT2D eigenvalue weighted by molar-refractivity contribution is 0.0212. The fourth-order valence-corrected chi connectivity index (χ4v) is 2.54. The molecular formula is C17H20BrNO. The van der Waals surface area contributed by atoms with Crippen molar-refractivity contribution in [3.05, 3.63) is 70.2 Å². The molecule has 0 aromatic heterocycles. The van der Waals surface area contributed by atoms with Crippen LogP contribution in [0.15, 0.2) is 59.1 Å². The summed E-state index contributed by atoms with van der Waals surface area (Å²) in [5, 5.41) is 0. The van der Waals surface area contributed by atoms with Gasteiger partial charge in [0.05, 0.1) is 12.7 Å². The fraction of sp³-hybridized carbons (Fsp3) is 0.294. The fourth-order valence-electron chi connectivity index (χ4n) is 2.12. The summed E-state index contributed by atoms with van der Waals surface area (Å²) < 4.78 is 7.12. The first kappa shape index (κ1) is 15.2. The highest BCUT2D eigenvalue weighted by Gasteiger charge is 2.19. The highest BCUT2D eigenvalue weighted by molar-refractivity contribution is 9.10. The summed E-state index contributed by atoms with van der Waals surface area (Å²) in [6, 6.07) is 18.3. The van der Waals surface area contributed by atoms with Gasteiger partial charge in [-0.15, -0.1) is 0 Å². The summed E-state index contributed by atoms with van der Waals surface area (Å²) in [4.78, 5) is 0. The van der Waals surface area contributed by atoms with Crippen LogP contribution in [0.25, 0.3) is 0 Å². The Morgan fingerprint density at radius 1 is 1.10 bits per heavy atom. The van der Waals surface area contributed by atoms with Crippen molar-refractivity contribution >= 4 is 15.9 Å². The van der Waals surface area contributed by atoms with Gasteiger partial charge in [0.1, 0.15) is 0 Å². The number of halogens is 1. The molecule has 0 aliphatic rings. The van der Waals surface area contributed by atoms with Crippen molar-refractivity contribution in [2.24, 2.45) is 5.73 Å². The molecule has 3 heteroatoms. The molecular weight excluding hydrogens is 314 g/mol. The zero-order valence-electron chi connectivity index (χ0n) is 11.6. The molecule has 0 aliphatic heterocycles. The second-order valence-electron chi connectivity index (χ2n) is 4.84. The first-order chi connectivity index (χ1) is 9.70. The summed E-state index contributed by atoms with van der Waals surface area (Å²) in [7, 11) is 0. The Hall–Kier alpha value is -1.16. The van der Waals surface area contributed by atoms with E-state index in [2.05, 4.69) is 47.1 Å². The van der Waals surface area contributed by atoms with Gasteiger partial charge in [0.15, 0.2) is 0 Å². The number of hydrogen-bond donors (Lipinski definition) is 1. The van der Waals surface area contributed by atoms with Gasteiger partial charge in [-0.2, -0.15) is 0 Å². The summed E-state index contributed by atoms with van der Waals surface area (Å²) in [6.45, 7) is 2.66. The van der Waals surface area contributed by atoms with E-state index in [4.69, 9.17) is 10.5 Å². The molecule has 2 nitrogen and oxygen atoms in total. The van der Waals surface area contributed by atoms with Crippen molar-refractivity contribution in [2.45, 2.75) is 32.1 Å². The van der Waals surface area contributed by atoms with Crippen LogP contribution >= 0.6 is 15.9 Å². The van der Waals surface area contributed by atoms with Gasteiger partial charge in [0, 0.05) is 10.5 Å². The van der Waals surface area contributed by atoms with E-state index in [-0.39, 0.29) is 12.1 Å². The molecule has 2 aromatic rings. The Labute approximate surface area is 129 Å². The average Bonchev–Trinajstić information content (AvgIpc) is 2.48. The van der Waals surface area contributed by atoms with Crippen LogP contribution in [0.4, 0.5) is 0 Å². The first-order valence-corrected chi connectivity index (χ1v) is 7.66. The first-order valence-electron chi connectivity index (χ1n) is 6.87. The van der Waals surface area contributed by atoms with Crippen molar-refractivity contribution in [1.29, 1.82) is 0 Å². The van der Waals surface area contributed by atoms with E-state index in [1.54, 1.807) is 0 Å². The van der Waals surface area contributed by atoms with Crippen molar-refractivity contribution < 1.29 is 4.74 Å². The molecule has 0 saturated heterocycles. The van der Waals surface area contributed by atoms with Crippen LogP contribution in [0, 0.1) is 0 Å². The van der Waals surface area contributed by atoms with E-state index in [0.717, 1.165) is 22.0 Å². The molecule has 0 fully saturated rings. The highest BCUT2D eigenvalue weighted by Crippen LogP contribution is 2.26. The summed E-state index contributed by atoms with van der Waals surface area (Å²) in [6.07, 6.45) is 0.795. The lowest BCUT2D eigenvalue weighted by Gasteiger charge is -2.24. The molecule has 0 heterocycles. The number of ether oxygens (including phenoxy) is 1. The third-order valence-electron chi connectivity index (χ3n) is 3.31. The van der Waals surface area contributed by atoms with Crippen molar-refractivity contribution in [3.8, 4) is 0 Å². The van der Waals surface area contributed by atoms with Crippen LogP contribution < -0.4 is 5.73 Å². The van der Waals surface area contributed by atoms with Gasteiger partial charge in [-0.05, 0) is 29.7 Å². The Morgan fingerprint density at radius 2 is 1.85 bits per heavy atom. The SMILES string of the molecule is CCC(N)C(OCc1ccccc1)c1cccc(Br)c1. The van der Waals surface area contributed by atoms with Gasteiger partial charge in [-0.3, -0.25) is 0 Å². The van der Waals surface area contributed by atoms with E-state index < -0.39 is 0 Å². The average molecular weight is 334 g/mol. The minimum Gasteiger partial charge on any atom is -0.367 e. The van der Waals surface area contributed by atoms with Crippen LogP contribution in [-0.4, -0.2) is 6.04 Å². The van der Waals surface area contributed by atoms with Crippen molar-refractivity contribution in [1.82, 2.24) is 0 Å². The largest absolute Gasteiger partial charge is 0.367 e. The molecule has 106 valence electrons. The van der Waals surface area contributed by atoms with E-state index in [1.165, 1.54) is 0 Å². The Balaban J connectivity index is 2.12. The van der Waals surface area contributed by atoms with Crippen LogP contribution in [-0.2, 0) is 11.3 Å². The van der Waals surface area contributed by atoms with Crippen LogP contribution in [0.5, 0.6) is 0 Å². The zero-order chi connectivity index (χ0) is 14.4. The van der Waals surface area contributed by atoms with Gasteiger partial charge in [0.25, 0.3) is 0 Å². The predicted octanol–water partition coefficient (Wildman–Crippen LogP) is 4.44. The van der Waals surface area contributed by atoms with Gasteiger partial charge in [-0.1, -0.05) is 65.3 Å². The van der Waals surface area contributed by atoms with Crippen molar-refractivity contribution in [3.63, 3.8) is 0 Å². The van der Waals surface area contributed by atoms with E-state index >= 15 is 0 Å². The second-order valence-corrected chi connectivity index (χ2v) is 5.76. The lowest BCUT2D eigenvalue weighted by Crippen LogP contribution is -2.29. The van der Waals surface area contributed by atoms with Gasteiger partial charge in [0.2, 0.25) is 0 Å². The third kappa shape index (κ3) is 4.17. The summed E-state index contributed by atoms with van der Waals surface area (Å²) in [5.41, 5.74) is 8.50. The maximum absolute atomic E-state index is 6.22. The molecule has 2 N–H and O–H groups in total. The Morgan fingerprint density at radius 3 is 2.50 bits per heavy atom. The predicted molar refractivity (Wildman–Crippen MR) is 86.4 cm³/mol. The maximum atomic E-state index is 6.22. The van der Waals surface area contributed by atoms with Crippen molar-refractivity contribution in [2.75, 3.05) is 0 Å². The second kappa shape index (κ2) is 7.58. The van der Waals surface area contributed by atoms with Crippen LogP contribution in [0.2, 0.25) is 0 Å². The topological polar surface area (TPSA) is 35.2 Å². The summed E-state index contributed by atoms with van der Waals surface area (Å²) >= 11 is 3.50. The molecule has 0 bridgehead atoms. The number of nitrogens with two attached hydrogens (primary N) is 1. The molecule has 0 spiro atoms. The summed E-state index contributed by atoms with van der Waals surface area (Å²) in [5.74, 6) is 0. The molecule has 0 aliphatic carbocycles. The minimum absolute atomic E-state index is 0.00647. The van der Waals surface area contributed by atoms with E-state index in [0.29, 0.717) is 6.61 Å². The normalized spacial score (nSPS) is 13.9. The highest BCUT2D eigenvalue weighted by atomic mass is 79.9. The molecule has 2 unspecified atom stereocenters. The standard InChI is InChI=1S/C17H20BrNO/c1-2-16(19)17(14-9-6-10-15(18)11-14)20-12-13-7-4-3-5-8-13/h3-11,16-17H,2,12,19H2,1H3. The van der Waals surface area contributed by atoms with E-state index in [1.807, 2.05) is 30.3 Å². The maximum Gasteiger partial charge on any atom is 0.0980 e. The zero-order valence-corrected chi connectivity index (χ0v) is 13.2. The third-order valence-corrected chi connectivity index (χ3v) is 3.80.